The Morgan fingerprint density at radius 2 is 1.81 bits per heavy atom. The molecule has 0 aliphatic rings. The lowest BCUT2D eigenvalue weighted by molar-refractivity contribution is 0.112. The van der Waals surface area contributed by atoms with Gasteiger partial charge in [-0.25, -0.2) is 4.68 Å². The van der Waals surface area contributed by atoms with E-state index in [-0.39, 0.29) is 0 Å². The first-order valence-corrected chi connectivity index (χ1v) is 6.87. The van der Waals surface area contributed by atoms with Gasteiger partial charge in [-0.3, -0.25) is 4.79 Å². The molecule has 0 radical (unpaired) electrons. The highest BCUT2D eigenvalue weighted by Crippen LogP contribution is 2.23. The summed E-state index contributed by atoms with van der Waals surface area (Å²) in [7, 11) is 0. The minimum Gasteiger partial charge on any atom is -0.298 e. The van der Waals surface area contributed by atoms with Crippen LogP contribution in [-0.4, -0.2) is 16.1 Å². The molecule has 0 atom stereocenters. The summed E-state index contributed by atoms with van der Waals surface area (Å²) >= 11 is 0. The van der Waals surface area contributed by atoms with Crippen molar-refractivity contribution in [1.29, 1.82) is 0 Å². The van der Waals surface area contributed by atoms with Crippen LogP contribution in [0, 0.1) is 13.8 Å². The van der Waals surface area contributed by atoms with Crippen molar-refractivity contribution in [3.05, 3.63) is 71.4 Å². The first kappa shape index (κ1) is 13.3. The molecule has 3 nitrogen and oxygen atoms in total. The SMILES string of the molecule is Cc1ccc(-n2cc(C=O)c(-c3ccccc3)n2)c(C)c1. The van der Waals surface area contributed by atoms with Crippen molar-refractivity contribution in [2.45, 2.75) is 13.8 Å². The number of carbonyl (C=O) groups excluding carboxylic acids is 1. The average molecular weight is 276 g/mol. The van der Waals surface area contributed by atoms with Crippen LogP contribution in [0.2, 0.25) is 0 Å². The molecule has 0 aliphatic heterocycles. The number of nitrogens with zero attached hydrogens (tertiary/aromatic N) is 2. The Morgan fingerprint density at radius 3 is 2.48 bits per heavy atom. The number of rotatable bonds is 3. The van der Waals surface area contributed by atoms with Crippen LogP contribution in [-0.2, 0) is 0 Å². The predicted octanol–water partition coefficient (Wildman–Crippen LogP) is 3.97. The van der Waals surface area contributed by atoms with Crippen LogP contribution >= 0.6 is 0 Å². The molecule has 3 heteroatoms. The van der Waals surface area contributed by atoms with E-state index >= 15 is 0 Å². The Kier molecular flexibility index (Phi) is 3.40. The van der Waals surface area contributed by atoms with Crippen LogP contribution < -0.4 is 0 Å². The van der Waals surface area contributed by atoms with Gasteiger partial charge in [-0.1, -0.05) is 48.0 Å². The van der Waals surface area contributed by atoms with E-state index < -0.39 is 0 Å². The number of aryl methyl sites for hydroxylation is 2. The zero-order valence-corrected chi connectivity index (χ0v) is 12.1. The topological polar surface area (TPSA) is 34.9 Å². The van der Waals surface area contributed by atoms with E-state index in [2.05, 4.69) is 18.1 Å². The molecule has 3 rings (SSSR count). The fourth-order valence-corrected chi connectivity index (χ4v) is 2.48. The highest BCUT2D eigenvalue weighted by molar-refractivity contribution is 5.85. The van der Waals surface area contributed by atoms with E-state index in [4.69, 9.17) is 0 Å². The molecular formula is C18H16N2O. The molecule has 0 N–H and O–H groups in total. The minimum absolute atomic E-state index is 0.598. The summed E-state index contributed by atoms with van der Waals surface area (Å²) in [5.41, 5.74) is 5.60. The lowest BCUT2D eigenvalue weighted by atomic mass is 10.1. The van der Waals surface area contributed by atoms with Gasteiger partial charge in [-0.05, 0) is 25.5 Å². The zero-order chi connectivity index (χ0) is 14.8. The molecule has 3 aromatic rings. The van der Waals surface area contributed by atoms with Crippen molar-refractivity contribution < 1.29 is 4.79 Å². The van der Waals surface area contributed by atoms with E-state index in [1.807, 2.05) is 49.4 Å². The van der Waals surface area contributed by atoms with Gasteiger partial charge in [0.05, 0.1) is 11.3 Å². The molecule has 0 saturated carbocycles. The number of aldehydes is 1. The lowest BCUT2D eigenvalue weighted by Crippen LogP contribution is -1.98. The molecule has 1 aromatic heterocycles. The summed E-state index contributed by atoms with van der Waals surface area (Å²) in [4.78, 5) is 11.3. The Hall–Kier alpha value is -2.68. The molecule has 0 fully saturated rings. The van der Waals surface area contributed by atoms with Crippen LogP contribution in [0.3, 0.4) is 0 Å². The van der Waals surface area contributed by atoms with Crippen molar-refractivity contribution >= 4 is 6.29 Å². The Bertz CT molecular complexity index is 788. The standard InChI is InChI=1S/C18H16N2O/c1-13-8-9-17(14(2)10-13)20-11-16(12-21)18(19-20)15-6-4-3-5-7-15/h3-12H,1-2H3. The second-order valence-electron chi connectivity index (χ2n) is 5.15. The molecule has 0 aliphatic carbocycles. The Balaban J connectivity index is 2.14. The van der Waals surface area contributed by atoms with Crippen LogP contribution in [0.4, 0.5) is 0 Å². The van der Waals surface area contributed by atoms with E-state index in [1.165, 1.54) is 5.56 Å². The normalized spacial score (nSPS) is 10.6. The van der Waals surface area contributed by atoms with E-state index in [1.54, 1.807) is 10.9 Å². The fourth-order valence-electron chi connectivity index (χ4n) is 2.48. The Labute approximate surface area is 123 Å². The Morgan fingerprint density at radius 1 is 1.05 bits per heavy atom. The van der Waals surface area contributed by atoms with Crippen LogP contribution in [0.5, 0.6) is 0 Å². The first-order valence-electron chi connectivity index (χ1n) is 6.87. The third-order valence-electron chi connectivity index (χ3n) is 3.52. The molecule has 2 aromatic carbocycles. The number of carbonyl (C=O) groups is 1. The third-order valence-corrected chi connectivity index (χ3v) is 3.52. The number of hydrogen-bond acceptors (Lipinski definition) is 2. The number of aromatic nitrogens is 2. The fraction of sp³-hybridized carbons (Fsp3) is 0.111. The average Bonchev–Trinajstić information content (AvgIpc) is 2.92. The van der Waals surface area contributed by atoms with E-state index in [9.17, 15) is 4.79 Å². The quantitative estimate of drug-likeness (QED) is 0.678. The van der Waals surface area contributed by atoms with Gasteiger partial charge < -0.3 is 0 Å². The summed E-state index contributed by atoms with van der Waals surface area (Å²) < 4.78 is 1.78. The van der Waals surface area contributed by atoms with Crippen LogP contribution in [0.1, 0.15) is 21.5 Å². The summed E-state index contributed by atoms with van der Waals surface area (Å²) in [6, 6.07) is 15.9. The van der Waals surface area contributed by atoms with Gasteiger partial charge in [0.25, 0.3) is 0 Å². The molecule has 0 saturated heterocycles. The first-order chi connectivity index (χ1) is 10.2. The number of benzene rings is 2. The molecule has 21 heavy (non-hydrogen) atoms. The van der Waals surface area contributed by atoms with Crippen LogP contribution in [0.15, 0.2) is 54.7 Å². The summed E-state index contributed by atoms with van der Waals surface area (Å²) in [5, 5.41) is 4.60. The molecule has 0 amide bonds. The van der Waals surface area contributed by atoms with Crippen molar-refractivity contribution in [3.63, 3.8) is 0 Å². The highest BCUT2D eigenvalue weighted by Gasteiger charge is 2.12. The van der Waals surface area contributed by atoms with Gasteiger partial charge in [0.1, 0.15) is 5.69 Å². The van der Waals surface area contributed by atoms with Gasteiger partial charge in [0, 0.05) is 11.8 Å². The number of hydrogen-bond donors (Lipinski definition) is 0. The molecular weight excluding hydrogens is 260 g/mol. The van der Waals surface area contributed by atoms with Gasteiger partial charge >= 0.3 is 0 Å². The third kappa shape index (κ3) is 2.50. The van der Waals surface area contributed by atoms with Crippen molar-refractivity contribution in [2.24, 2.45) is 0 Å². The molecule has 0 unspecified atom stereocenters. The van der Waals surface area contributed by atoms with Gasteiger partial charge in [-0.15, -0.1) is 0 Å². The van der Waals surface area contributed by atoms with Crippen molar-refractivity contribution in [2.75, 3.05) is 0 Å². The second kappa shape index (κ2) is 5.37. The molecule has 104 valence electrons. The van der Waals surface area contributed by atoms with Crippen molar-refractivity contribution in [3.8, 4) is 16.9 Å². The summed E-state index contributed by atoms with van der Waals surface area (Å²) in [6.45, 7) is 4.11. The van der Waals surface area contributed by atoms with Gasteiger partial charge in [-0.2, -0.15) is 5.10 Å². The van der Waals surface area contributed by atoms with Crippen LogP contribution in [0.25, 0.3) is 16.9 Å². The second-order valence-corrected chi connectivity index (χ2v) is 5.15. The largest absolute Gasteiger partial charge is 0.298 e. The maximum atomic E-state index is 11.3. The van der Waals surface area contributed by atoms with Crippen molar-refractivity contribution in [1.82, 2.24) is 9.78 Å². The molecule has 0 spiro atoms. The highest BCUT2D eigenvalue weighted by atomic mass is 16.1. The van der Waals surface area contributed by atoms with Gasteiger partial charge in [0.15, 0.2) is 6.29 Å². The molecule has 0 bridgehead atoms. The molecule has 1 heterocycles. The zero-order valence-electron chi connectivity index (χ0n) is 12.1. The van der Waals surface area contributed by atoms with E-state index in [0.29, 0.717) is 11.3 Å². The maximum absolute atomic E-state index is 11.3. The predicted molar refractivity (Wildman–Crippen MR) is 83.9 cm³/mol. The summed E-state index contributed by atoms with van der Waals surface area (Å²) in [5.74, 6) is 0. The van der Waals surface area contributed by atoms with Gasteiger partial charge in [0.2, 0.25) is 0 Å². The monoisotopic (exact) mass is 276 g/mol. The maximum Gasteiger partial charge on any atom is 0.153 e. The van der Waals surface area contributed by atoms with E-state index in [0.717, 1.165) is 23.1 Å². The summed E-state index contributed by atoms with van der Waals surface area (Å²) in [6.07, 6.45) is 2.64. The lowest BCUT2D eigenvalue weighted by Gasteiger charge is -2.06. The smallest absolute Gasteiger partial charge is 0.153 e. The minimum atomic E-state index is 0.598.